The molecule has 2 aliphatic carbocycles. The van der Waals surface area contributed by atoms with E-state index in [1.54, 1.807) is 4.90 Å². The molecule has 7 heteroatoms. The minimum atomic E-state index is -0.933. The molecule has 5 rings (SSSR count). The van der Waals surface area contributed by atoms with Gasteiger partial charge in [0.15, 0.2) is 0 Å². The first kappa shape index (κ1) is 25.5. The van der Waals surface area contributed by atoms with Crippen LogP contribution < -0.4 is 5.32 Å². The summed E-state index contributed by atoms with van der Waals surface area (Å²) in [4.78, 5) is 38.8. The number of amides is 2. The molecule has 0 heterocycles. The molecule has 1 fully saturated rings. The summed E-state index contributed by atoms with van der Waals surface area (Å²) in [6, 6.07) is 25.8. The molecule has 2 amide bonds. The average molecular weight is 513 g/mol. The molecule has 0 bridgehead atoms. The molecule has 196 valence electrons. The van der Waals surface area contributed by atoms with E-state index in [0.717, 1.165) is 16.7 Å². The van der Waals surface area contributed by atoms with Crippen LogP contribution in [0.25, 0.3) is 11.1 Å². The van der Waals surface area contributed by atoms with E-state index < -0.39 is 12.1 Å². The summed E-state index contributed by atoms with van der Waals surface area (Å²) in [6.45, 7) is 0.771. The zero-order chi connectivity index (χ0) is 26.5. The van der Waals surface area contributed by atoms with Crippen LogP contribution in [-0.2, 0) is 20.9 Å². The minimum Gasteiger partial charge on any atom is -0.481 e. The second kappa shape index (κ2) is 11.5. The first-order valence-corrected chi connectivity index (χ1v) is 13.2. The fourth-order valence-electron chi connectivity index (χ4n) is 5.70. The van der Waals surface area contributed by atoms with Gasteiger partial charge in [0.05, 0.1) is 6.42 Å². The Morgan fingerprint density at radius 3 is 2.16 bits per heavy atom. The lowest BCUT2D eigenvalue weighted by atomic mass is 9.98. The van der Waals surface area contributed by atoms with Crippen LogP contribution in [-0.4, -0.2) is 47.2 Å². The molecule has 7 nitrogen and oxygen atoms in total. The molecule has 0 radical (unpaired) electrons. The molecule has 3 aromatic rings. The molecular weight excluding hydrogens is 480 g/mol. The number of hydrogen-bond donors (Lipinski definition) is 2. The maximum absolute atomic E-state index is 13.3. The number of nitrogens with one attached hydrogen (secondary N) is 1. The Bertz CT molecular complexity index is 1260. The Kier molecular flexibility index (Phi) is 7.73. The number of carbonyl (C=O) groups is 3. The van der Waals surface area contributed by atoms with E-state index in [-0.39, 0.29) is 43.4 Å². The Morgan fingerprint density at radius 2 is 1.50 bits per heavy atom. The van der Waals surface area contributed by atoms with Crippen molar-refractivity contribution in [3.8, 4) is 11.1 Å². The number of benzene rings is 3. The lowest BCUT2D eigenvalue weighted by molar-refractivity contribution is -0.140. The Labute approximate surface area is 222 Å². The van der Waals surface area contributed by atoms with Gasteiger partial charge in [0, 0.05) is 31.0 Å². The molecule has 2 aliphatic rings. The highest BCUT2D eigenvalue weighted by atomic mass is 16.5. The van der Waals surface area contributed by atoms with Crippen LogP contribution in [0, 0.1) is 5.92 Å². The van der Waals surface area contributed by atoms with Crippen LogP contribution in [0.1, 0.15) is 48.3 Å². The third-order valence-corrected chi connectivity index (χ3v) is 7.57. The molecule has 3 aromatic carbocycles. The first-order valence-electron chi connectivity index (χ1n) is 13.2. The number of carboxylic acids is 1. The monoisotopic (exact) mass is 512 g/mol. The van der Waals surface area contributed by atoms with Gasteiger partial charge in [-0.3, -0.25) is 9.59 Å². The van der Waals surface area contributed by atoms with Crippen LogP contribution in [0.3, 0.4) is 0 Å². The molecule has 0 aliphatic heterocycles. The van der Waals surface area contributed by atoms with Gasteiger partial charge in [-0.15, -0.1) is 0 Å². The van der Waals surface area contributed by atoms with Crippen LogP contribution in [0.15, 0.2) is 78.9 Å². The number of carbonyl (C=O) groups excluding carboxylic acids is 2. The highest BCUT2D eigenvalue weighted by Gasteiger charge is 2.34. The number of aliphatic carboxylic acids is 1. The van der Waals surface area contributed by atoms with E-state index in [9.17, 15) is 14.4 Å². The van der Waals surface area contributed by atoms with E-state index in [2.05, 4.69) is 29.6 Å². The summed E-state index contributed by atoms with van der Waals surface area (Å²) in [5.74, 6) is -1.26. The van der Waals surface area contributed by atoms with Gasteiger partial charge >= 0.3 is 12.1 Å². The smallest absolute Gasteiger partial charge is 0.407 e. The van der Waals surface area contributed by atoms with Crippen molar-refractivity contribution in [1.82, 2.24) is 10.2 Å². The first-order chi connectivity index (χ1) is 18.5. The molecule has 2 unspecified atom stereocenters. The van der Waals surface area contributed by atoms with Gasteiger partial charge < -0.3 is 20.1 Å². The van der Waals surface area contributed by atoms with Crippen molar-refractivity contribution in [2.45, 2.75) is 44.2 Å². The van der Waals surface area contributed by atoms with Crippen molar-refractivity contribution in [2.24, 2.45) is 5.92 Å². The second-order valence-corrected chi connectivity index (χ2v) is 10.1. The zero-order valence-corrected chi connectivity index (χ0v) is 21.2. The summed E-state index contributed by atoms with van der Waals surface area (Å²) in [5.41, 5.74) is 5.63. The van der Waals surface area contributed by atoms with Crippen molar-refractivity contribution >= 4 is 18.0 Å². The van der Waals surface area contributed by atoms with Crippen LogP contribution in [0.4, 0.5) is 4.79 Å². The Balaban J connectivity index is 1.16. The quantitative estimate of drug-likeness (QED) is 0.411. The van der Waals surface area contributed by atoms with Crippen molar-refractivity contribution < 1.29 is 24.2 Å². The van der Waals surface area contributed by atoms with Gasteiger partial charge in [0.1, 0.15) is 6.61 Å². The highest BCUT2D eigenvalue weighted by Crippen LogP contribution is 2.44. The lowest BCUT2D eigenvalue weighted by Gasteiger charge is -2.25. The summed E-state index contributed by atoms with van der Waals surface area (Å²) in [5, 5.41) is 12.1. The maximum Gasteiger partial charge on any atom is 0.407 e. The number of nitrogens with zero attached hydrogens (tertiary/aromatic N) is 1. The predicted octanol–water partition coefficient (Wildman–Crippen LogP) is 5.20. The summed E-state index contributed by atoms with van der Waals surface area (Å²) in [7, 11) is 0. The molecule has 2 atom stereocenters. The van der Waals surface area contributed by atoms with Crippen LogP contribution >= 0.6 is 0 Å². The number of alkyl carbamates (subject to hydrolysis) is 1. The van der Waals surface area contributed by atoms with Crippen molar-refractivity contribution in [2.75, 3.05) is 13.2 Å². The maximum atomic E-state index is 13.3. The molecule has 0 spiro atoms. The molecule has 0 aromatic heterocycles. The normalized spacial score (nSPS) is 17.9. The second-order valence-electron chi connectivity index (χ2n) is 10.1. The topological polar surface area (TPSA) is 95.9 Å². The Morgan fingerprint density at radius 1 is 0.868 bits per heavy atom. The number of fused-ring (bicyclic) bond motifs is 3. The van der Waals surface area contributed by atoms with Crippen LogP contribution in [0.2, 0.25) is 0 Å². The summed E-state index contributed by atoms with van der Waals surface area (Å²) < 4.78 is 5.68. The van der Waals surface area contributed by atoms with Gasteiger partial charge in [0.25, 0.3) is 0 Å². The fraction of sp³-hybridized carbons (Fsp3) is 0.323. The molecular formula is C31H32N2O5. The minimum absolute atomic E-state index is 0.00756. The summed E-state index contributed by atoms with van der Waals surface area (Å²) >= 11 is 0. The predicted molar refractivity (Wildman–Crippen MR) is 143 cm³/mol. The van der Waals surface area contributed by atoms with Gasteiger partial charge in [-0.25, -0.2) is 4.79 Å². The largest absolute Gasteiger partial charge is 0.481 e. The number of ether oxygens (including phenoxy) is 1. The molecule has 0 saturated heterocycles. The van der Waals surface area contributed by atoms with E-state index in [0.29, 0.717) is 25.8 Å². The zero-order valence-electron chi connectivity index (χ0n) is 21.2. The lowest BCUT2D eigenvalue weighted by Crippen LogP contribution is -2.38. The van der Waals surface area contributed by atoms with Gasteiger partial charge in [-0.05, 0) is 47.1 Å². The standard InChI is InChI=1S/C31H32N2O5/c34-29(35)16-17-33(19-21-8-2-1-3-9-21)30(36)22-14-15-23(18-22)32-31(37)38-20-28-26-12-6-4-10-24(26)25-11-5-7-13-27(25)28/h1-13,22-23,28H,14-20H2,(H,32,37)(H,34,35). The fourth-order valence-corrected chi connectivity index (χ4v) is 5.70. The van der Waals surface area contributed by atoms with Gasteiger partial charge in [-0.2, -0.15) is 0 Å². The highest BCUT2D eigenvalue weighted by molar-refractivity contribution is 5.80. The van der Waals surface area contributed by atoms with Crippen molar-refractivity contribution in [1.29, 1.82) is 0 Å². The Hall–Kier alpha value is -4.13. The number of carboxylic acid groups (broad SMARTS) is 1. The number of rotatable bonds is 9. The number of hydrogen-bond acceptors (Lipinski definition) is 4. The molecule has 2 N–H and O–H groups in total. The van der Waals surface area contributed by atoms with E-state index >= 15 is 0 Å². The SMILES string of the molecule is O=C(O)CCN(Cc1ccccc1)C(=O)C1CCC(NC(=O)OCC2c3ccccc3-c3ccccc32)C1. The van der Waals surface area contributed by atoms with E-state index in [4.69, 9.17) is 9.84 Å². The van der Waals surface area contributed by atoms with E-state index in [1.165, 1.54) is 11.1 Å². The molecule has 38 heavy (non-hydrogen) atoms. The third kappa shape index (κ3) is 5.72. The van der Waals surface area contributed by atoms with E-state index in [1.807, 2.05) is 54.6 Å². The molecule has 1 saturated carbocycles. The van der Waals surface area contributed by atoms with Gasteiger partial charge in [0.2, 0.25) is 5.91 Å². The van der Waals surface area contributed by atoms with Crippen molar-refractivity contribution in [3.05, 3.63) is 95.6 Å². The third-order valence-electron chi connectivity index (χ3n) is 7.57. The summed E-state index contributed by atoms with van der Waals surface area (Å²) in [6.07, 6.45) is 1.26. The van der Waals surface area contributed by atoms with Crippen molar-refractivity contribution in [3.63, 3.8) is 0 Å². The average Bonchev–Trinajstić information content (AvgIpc) is 3.52. The van der Waals surface area contributed by atoms with Crippen LogP contribution in [0.5, 0.6) is 0 Å². The van der Waals surface area contributed by atoms with Gasteiger partial charge in [-0.1, -0.05) is 78.9 Å².